The minimum absolute atomic E-state index is 0.242. The van der Waals surface area contributed by atoms with Crippen LogP contribution in [0.2, 0.25) is 0 Å². The first-order valence-electron chi connectivity index (χ1n) is 6.40. The molecule has 1 atom stereocenters. The molecule has 0 saturated carbocycles. The van der Waals surface area contributed by atoms with Crippen LogP contribution in [0.25, 0.3) is 0 Å². The maximum absolute atomic E-state index is 11.6. The van der Waals surface area contributed by atoms with Gasteiger partial charge in [-0.05, 0) is 19.4 Å². The third-order valence-corrected chi connectivity index (χ3v) is 4.44. The summed E-state index contributed by atoms with van der Waals surface area (Å²) in [7, 11) is 1.36. The van der Waals surface area contributed by atoms with Crippen LogP contribution in [-0.4, -0.2) is 18.1 Å². The fourth-order valence-electron chi connectivity index (χ4n) is 1.89. The topological polar surface area (TPSA) is 64.4 Å². The lowest BCUT2D eigenvalue weighted by Gasteiger charge is -2.27. The Labute approximate surface area is 122 Å². The van der Waals surface area contributed by atoms with Crippen molar-refractivity contribution in [1.29, 1.82) is 0 Å². The number of carbonyl (C=O) groups excluding carboxylic acids is 1. The Balaban J connectivity index is 2.12. The molecule has 0 radical (unpaired) electrons. The van der Waals surface area contributed by atoms with E-state index in [4.69, 9.17) is 9.15 Å². The average Bonchev–Trinajstić information content (AvgIpc) is 3.14. The van der Waals surface area contributed by atoms with E-state index in [1.54, 1.807) is 23.6 Å². The first-order chi connectivity index (χ1) is 9.60. The largest absolute Gasteiger partial charge is 0.467 e. The van der Waals surface area contributed by atoms with E-state index in [1.807, 2.05) is 5.38 Å². The number of nitrogens with one attached hydrogen (secondary N) is 1. The van der Waals surface area contributed by atoms with Gasteiger partial charge in [0.25, 0.3) is 0 Å². The molecule has 0 aromatic carbocycles. The number of esters is 1. The van der Waals surface area contributed by atoms with Crippen molar-refractivity contribution in [2.45, 2.75) is 32.4 Å². The number of carbonyl (C=O) groups is 1. The van der Waals surface area contributed by atoms with Crippen molar-refractivity contribution >= 4 is 17.3 Å². The lowest BCUT2D eigenvalue weighted by molar-refractivity contribution is 0.0597. The summed E-state index contributed by atoms with van der Waals surface area (Å²) >= 11 is 1.61. The van der Waals surface area contributed by atoms with Crippen molar-refractivity contribution < 1.29 is 13.9 Å². The smallest absolute Gasteiger partial charge is 0.341 e. The van der Waals surface area contributed by atoms with Crippen LogP contribution in [0.1, 0.15) is 41.4 Å². The molecule has 6 heteroatoms. The third kappa shape index (κ3) is 2.91. The second-order valence-corrected chi connectivity index (χ2v) is 5.52. The van der Waals surface area contributed by atoms with Gasteiger partial charge in [-0.3, -0.25) is 5.32 Å². The minimum Gasteiger partial charge on any atom is -0.467 e. The number of hydrogen-bond acceptors (Lipinski definition) is 6. The van der Waals surface area contributed by atoms with Crippen molar-refractivity contribution in [2.24, 2.45) is 0 Å². The molecule has 2 aromatic rings. The molecule has 0 spiro atoms. The molecule has 0 amide bonds. The van der Waals surface area contributed by atoms with Crippen molar-refractivity contribution in [3.8, 4) is 0 Å². The lowest BCUT2D eigenvalue weighted by Crippen LogP contribution is -2.38. The zero-order valence-corrected chi connectivity index (χ0v) is 12.6. The van der Waals surface area contributed by atoms with Gasteiger partial charge in [0.1, 0.15) is 16.3 Å². The number of thiazole rings is 1. The van der Waals surface area contributed by atoms with E-state index in [2.05, 4.69) is 24.1 Å². The van der Waals surface area contributed by atoms with Crippen molar-refractivity contribution in [2.75, 3.05) is 7.11 Å². The van der Waals surface area contributed by atoms with E-state index >= 15 is 0 Å². The quantitative estimate of drug-likeness (QED) is 0.830. The number of furan rings is 1. The fraction of sp³-hybridized carbons (Fsp3) is 0.429. The Hall–Kier alpha value is -1.66. The van der Waals surface area contributed by atoms with Crippen LogP contribution in [0.4, 0.5) is 0 Å². The van der Waals surface area contributed by atoms with Crippen LogP contribution in [0, 0.1) is 0 Å². The molecule has 5 nitrogen and oxygen atoms in total. The van der Waals surface area contributed by atoms with E-state index in [0.29, 0.717) is 17.9 Å². The Morgan fingerprint density at radius 2 is 2.40 bits per heavy atom. The maximum Gasteiger partial charge on any atom is 0.341 e. The molecular formula is C14H18N2O3S. The summed E-state index contributed by atoms with van der Waals surface area (Å²) in [5.74, 6) is 0.191. The monoisotopic (exact) mass is 294 g/mol. The number of aromatic nitrogens is 1. The minimum atomic E-state index is -0.386. The number of rotatable bonds is 6. The van der Waals surface area contributed by atoms with Crippen LogP contribution in [0.3, 0.4) is 0 Å². The highest BCUT2D eigenvalue weighted by Gasteiger charge is 2.27. The molecule has 0 aliphatic carbocycles. The van der Waals surface area contributed by atoms with E-state index in [9.17, 15) is 4.79 Å². The number of ether oxygens (including phenoxy) is 1. The van der Waals surface area contributed by atoms with Crippen LogP contribution in [0.5, 0.6) is 0 Å². The van der Waals surface area contributed by atoms with Crippen molar-refractivity contribution in [3.63, 3.8) is 0 Å². The third-order valence-electron chi connectivity index (χ3n) is 3.40. The maximum atomic E-state index is 11.6. The zero-order chi connectivity index (χ0) is 14.6. The molecule has 0 bridgehead atoms. The molecule has 0 saturated heterocycles. The van der Waals surface area contributed by atoms with Gasteiger partial charge in [-0.25, -0.2) is 9.78 Å². The van der Waals surface area contributed by atoms with Crippen LogP contribution >= 0.6 is 11.3 Å². The summed E-state index contributed by atoms with van der Waals surface area (Å²) in [5.41, 5.74) is 0.214. The first-order valence-corrected chi connectivity index (χ1v) is 7.28. The molecule has 1 unspecified atom stereocenters. The molecular weight excluding hydrogens is 276 g/mol. The fourth-order valence-corrected chi connectivity index (χ4v) is 2.74. The van der Waals surface area contributed by atoms with Crippen molar-refractivity contribution in [1.82, 2.24) is 10.3 Å². The highest BCUT2D eigenvalue weighted by atomic mass is 32.1. The van der Waals surface area contributed by atoms with E-state index in [0.717, 1.165) is 11.4 Å². The average molecular weight is 294 g/mol. The molecule has 2 aromatic heterocycles. The molecule has 20 heavy (non-hydrogen) atoms. The summed E-state index contributed by atoms with van der Waals surface area (Å²) in [5, 5.41) is 6.39. The van der Waals surface area contributed by atoms with E-state index in [-0.39, 0.29) is 11.5 Å². The first kappa shape index (κ1) is 14.7. The number of hydrogen-bond donors (Lipinski definition) is 1. The Bertz CT molecular complexity index is 565. The zero-order valence-electron chi connectivity index (χ0n) is 11.8. The summed E-state index contributed by atoms with van der Waals surface area (Å²) in [4.78, 5) is 16.0. The second-order valence-electron chi connectivity index (χ2n) is 4.63. The molecule has 0 fully saturated rings. The molecule has 0 aliphatic heterocycles. The molecule has 2 heterocycles. The van der Waals surface area contributed by atoms with Crippen LogP contribution in [-0.2, 0) is 16.8 Å². The van der Waals surface area contributed by atoms with Gasteiger partial charge >= 0.3 is 5.97 Å². The predicted molar refractivity (Wildman–Crippen MR) is 76.6 cm³/mol. The second kappa shape index (κ2) is 6.19. The van der Waals surface area contributed by atoms with E-state index < -0.39 is 0 Å². The molecule has 2 rings (SSSR count). The summed E-state index contributed by atoms with van der Waals surface area (Å²) in [6.07, 6.45) is 4.17. The summed E-state index contributed by atoms with van der Waals surface area (Å²) in [6, 6.07) is 1.62. The molecule has 108 valence electrons. The van der Waals surface area contributed by atoms with Gasteiger partial charge in [-0.2, -0.15) is 0 Å². The summed E-state index contributed by atoms with van der Waals surface area (Å²) in [6.45, 7) is 4.63. The van der Waals surface area contributed by atoms with Gasteiger partial charge in [-0.1, -0.05) is 6.92 Å². The SMILES string of the molecule is CCC(C)(NCc1occc1C(=O)OC)c1nccs1. The highest BCUT2D eigenvalue weighted by molar-refractivity contribution is 7.09. The lowest BCUT2D eigenvalue weighted by atomic mass is 9.99. The summed E-state index contributed by atoms with van der Waals surface area (Å²) < 4.78 is 10.1. The predicted octanol–water partition coefficient (Wildman–Crippen LogP) is 2.94. The molecule has 1 N–H and O–H groups in total. The standard InChI is InChI=1S/C14H18N2O3S/c1-4-14(2,13-15-6-8-20-13)16-9-11-10(5-7-19-11)12(17)18-3/h5-8,16H,4,9H2,1-3H3. The van der Waals surface area contributed by atoms with Crippen LogP contribution < -0.4 is 5.32 Å². The molecule has 0 aliphatic rings. The van der Waals surface area contributed by atoms with Crippen LogP contribution in [0.15, 0.2) is 28.3 Å². The highest BCUT2D eigenvalue weighted by Crippen LogP contribution is 2.27. The Kier molecular flexibility index (Phi) is 4.57. The van der Waals surface area contributed by atoms with Gasteiger partial charge < -0.3 is 9.15 Å². The normalized spacial score (nSPS) is 13.9. The Morgan fingerprint density at radius 1 is 1.60 bits per heavy atom. The van der Waals surface area contributed by atoms with Gasteiger partial charge in [-0.15, -0.1) is 11.3 Å². The number of nitrogens with zero attached hydrogens (tertiary/aromatic N) is 1. The van der Waals surface area contributed by atoms with Gasteiger partial charge in [0.15, 0.2) is 0 Å². The van der Waals surface area contributed by atoms with Gasteiger partial charge in [0, 0.05) is 11.6 Å². The Morgan fingerprint density at radius 3 is 3.00 bits per heavy atom. The number of methoxy groups -OCH3 is 1. The van der Waals surface area contributed by atoms with Gasteiger partial charge in [0.05, 0.1) is 25.5 Å². The van der Waals surface area contributed by atoms with Crippen molar-refractivity contribution in [3.05, 3.63) is 40.2 Å². The van der Waals surface area contributed by atoms with Gasteiger partial charge in [0.2, 0.25) is 0 Å². The van der Waals surface area contributed by atoms with E-state index in [1.165, 1.54) is 13.4 Å².